The number of carbonyl (C=O) groups is 1. The van der Waals surface area contributed by atoms with Crippen molar-refractivity contribution >= 4 is 5.91 Å². The highest BCUT2D eigenvalue weighted by molar-refractivity contribution is 5.75. The molecule has 1 aromatic carbocycles. The fraction of sp³-hybridized carbons (Fsp3) is 0.438. The van der Waals surface area contributed by atoms with E-state index in [1.54, 1.807) is 24.5 Å². The Hall–Kier alpha value is -2.41. The van der Waals surface area contributed by atoms with Gasteiger partial charge >= 0.3 is 0 Å². The minimum atomic E-state index is -0.0644. The van der Waals surface area contributed by atoms with Gasteiger partial charge in [0.15, 0.2) is 0 Å². The highest BCUT2D eigenvalue weighted by Gasteiger charge is 2.21. The maximum absolute atomic E-state index is 12.0. The Morgan fingerprint density at radius 3 is 2.96 bits per heavy atom. The number of hydrogen-bond donors (Lipinski definition) is 2. The number of likely N-dealkylation sites (tertiary alicyclic amines) is 1. The van der Waals surface area contributed by atoms with Crippen molar-refractivity contribution in [1.29, 1.82) is 0 Å². The van der Waals surface area contributed by atoms with Crippen LogP contribution in [0.5, 0.6) is 5.75 Å². The van der Waals surface area contributed by atoms with E-state index in [0.717, 1.165) is 38.0 Å². The molecule has 122 valence electrons. The molecule has 2 heterocycles. The number of phenolic OH excluding ortho intramolecular Hbond substituents is 1. The second-order valence-corrected chi connectivity index (χ2v) is 5.87. The number of nitrogens with zero attached hydrogens (tertiary/aromatic N) is 4. The van der Waals surface area contributed by atoms with Crippen molar-refractivity contribution in [2.75, 3.05) is 13.1 Å². The van der Waals surface area contributed by atoms with Gasteiger partial charge in [-0.05, 0) is 37.1 Å². The number of aromatic nitrogens is 3. The van der Waals surface area contributed by atoms with Crippen LogP contribution in [0.25, 0.3) is 0 Å². The van der Waals surface area contributed by atoms with Crippen molar-refractivity contribution in [3.63, 3.8) is 0 Å². The highest BCUT2D eigenvalue weighted by atomic mass is 16.3. The molecule has 1 amide bonds. The Morgan fingerprint density at radius 2 is 2.17 bits per heavy atom. The lowest BCUT2D eigenvalue weighted by molar-refractivity contribution is -0.123. The predicted molar refractivity (Wildman–Crippen MR) is 84.6 cm³/mol. The zero-order valence-electron chi connectivity index (χ0n) is 12.9. The number of carbonyl (C=O) groups excluding carboxylic acids is 1. The van der Waals surface area contributed by atoms with E-state index in [-0.39, 0.29) is 24.2 Å². The zero-order chi connectivity index (χ0) is 16.1. The molecule has 0 radical (unpaired) electrons. The van der Waals surface area contributed by atoms with Crippen LogP contribution in [0.4, 0.5) is 0 Å². The highest BCUT2D eigenvalue weighted by Crippen LogP contribution is 2.16. The number of benzene rings is 1. The summed E-state index contributed by atoms with van der Waals surface area (Å²) >= 11 is 0. The van der Waals surface area contributed by atoms with Crippen molar-refractivity contribution in [2.45, 2.75) is 32.0 Å². The lowest BCUT2D eigenvalue weighted by Gasteiger charge is -2.33. The van der Waals surface area contributed by atoms with Gasteiger partial charge in [-0.15, -0.1) is 0 Å². The third-order valence-corrected chi connectivity index (χ3v) is 3.94. The molecule has 3 rings (SSSR count). The molecule has 1 saturated heterocycles. The second kappa shape index (κ2) is 7.23. The Bertz CT molecular complexity index is 644. The average molecular weight is 315 g/mol. The molecule has 2 aromatic rings. The summed E-state index contributed by atoms with van der Waals surface area (Å²) in [5, 5.41) is 20.5. The zero-order valence-corrected chi connectivity index (χ0v) is 12.9. The van der Waals surface area contributed by atoms with Crippen molar-refractivity contribution in [1.82, 2.24) is 25.2 Å². The van der Waals surface area contributed by atoms with Gasteiger partial charge in [-0.25, -0.2) is 0 Å². The first-order valence-electron chi connectivity index (χ1n) is 7.83. The molecule has 0 bridgehead atoms. The fourth-order valence-corrected chi connectivity index (χ4v) is 2.96. The normalized spacial score (nSPS) is 18.7. The van der Waals surface area contributed by atoms with Crippen LogP contribution in [0, 0.1) is 0 Å². The van der Waals surface area contributed by atoms with Crippen LogP contribution >= 0.6 is 0 Å². The molecule has 0 spiro atoms. The van der Waals surface area contributed by atoms with Gasteiger partial charge in [-0.3, -0.25) is 9.69 Å². The Labute approximate surface area is 134 Å². The SMILES string of the molecule is O=C(Cn1nccn1)N[C@@H]1CCCN(Cc2cccc(O)c2)C1. The van der Waals surface area contributed by atoms with Gasteiger partial charge in [0.2, 0.25) is 5.91 Å². The summed E-state index contributed by atoms with van der Waals surface area (Å²) in [7, 11) is 0. The third kappa shape index (κ3) is 4.53. The van der Waals surface area contributed by atoms with E-state index >= 15 is 0 Å². The fourth-order valence-electron chi connectivity index (χ4n) is 2.96. The largest absolute Gasteiger partial charge is 0.508 e. The van der Waals surface area contributed by atoms with Crippen LogP contribution in [0.3, 0.4) is 0 Å². The monoisotopic (exact) mass is 315 g/mol. The first-order chi connectivity index (χ1) is 11.2. The number of phenols is 1. The van der Waals surface area contributed by atoms with Crippen LogP contribution in [0.2, 0.25) is 0 Å². The summed E-state index contributed by atoms with van der Waals surface area (Å²) in [4.78, 5) is 15.7. The lowest BCUT2D eigenvalue weighted by atomic mass is 10.0. The third-order valence-electron chi connectivity index (χ3n) is 3.94. The number of hydrogen-bond acceptors (Lipinski definition) is 5. The van der Waals surface area contributed by atoms with E-state index in [4.69, 9.17) is 0 Å². The molecule has 1 atom stereocenters. The minimum absolute atomic E-state index is 0.0644. The van der Waals surface area contributed by atoms with Crippen molar-refractivity contribution in [3.8, 4) is 5.75 Å². The van der Waals surface area contributed by atoms with E-state index in [1.807, 2.05) is 12.1 Å². The molecule has 0 aliphatic carbocycles. The van der Waals surface area contributed by atoms with E-state index in [9.17, 15) is 9.90 Å². The summed E-state index contributed by atoms with van der Waals surface area (Å²) in [6, 6.07) is 7.46. The van der Waals surface area contributed by atoms with Crippen LogP contribution < -0.4 is 5.32 Å². The smallest absolute Gasteiger partial charge is 0.243 e. The maximum Gasteiger partial charge on any atom is 0.243 e. The standard InChI is InChI=1S/C16H21N5O2/c22-15-5-1-3-13(9-15)10-20-8-2-4-14(11-20)19-16(23)12-21-17-6-7-18-21/h1,3,5-7,9,14,22H,2,4,8,10-12H2,(H,19,23)/t14-/m1/s1. The Kier molecular flexibility index (Phi) is 4.87. The number of rotatable bonds is 5. The van der Waals surface area contributed by atoms with Crippen molar-refractivity contribution < 1.29 is 9.90 Å². The molecule has 1 aliphatic rings. The van der Waals surface area contributed by atoms with Crippen LogP contribution in [-0.2, 0) is 17.9 Å². The second-order valence-electron chi connectivity index (χ2n) is 5.87. The van der Waals surface area contributed by atoms with Gasteiger partial charge < -0.3 is 10.4 Å². The van der Waals surface area contributed by atoms with Crippen molar-refractivity contribution in [2.24, 2.45) is 0 Å². The summed E-state index contributed by atoms with van der Waals surface area (Å²) in [6.07, 6.45) is 5.15. The molecular formula is C16H21N5O2. The number of piperidine rings is 1. The Morgan fingerprint density at radius 1 is 1.35 bits per heavy atom. The minimum Gasteiger partial charge on any atom is -0.508 e. The molecule has 0 saturated carbocycles. The van der Waals surface area contributed by atoms with Crippen molar-refractivity contribution in [3.05, 3.63) is 42.2 Å². The molecule has 0 unspecified atom stereocenters. The molecule has 7 nitrogen and oxygen atoms in total. The van der Waals surface area contributed by atoms with Gasteiger partial charge in [0, 0.05) is 19.1 Å². The summed E-state index contributed by atoms with van der Waals surface area (Å²) in [6.45, 7) is 2.74. The molecule has 1 aliphatic heterocycles. The first-order valence-corrected chi connectivity index (χ1v) is 7.83. The molecular weight excluding hydrogens is 294 g/mol. The molecule has 1 aromatic heterocycles. The van der Waals surface area contributed by atoms with Gasteiger partial charge in [0.05, 0.1) is 12.4 Å². The van der Waals surface area contributed by atoms with Gasteiger partial charge in [-0.2, -0.15) is 15.0 Å². The van der Waals surface area contributed by atoms with E-state index in [0.29, 0.717) is 0 Å². The lowest BCUT2D eigenvalue weighted by Crippen LogP contribution is -2.48. The van der Waals surface area contributed by atoms with Crippen LogP contribution in [0.15, 0.2) is 36.7 Å². The van der Waals surface area contributed by atoms with E-state index < -0.39 is 0 Å². The topological polar surface area (TPSA) is 83.3 Å². The summed E-state index contributed by atoms with van der Waals surface area (Å²) in [5.74, 6) is 0.224. The van der Waals surface area contributed by atoms with E-state index in [2.05, 4.69) is 20.4 Å². The van der Waals surface area contributed by atoms with Gasteiger partial charge in [-0.1, -0.05) is 12.1 Å². The summed E-state index contributed by atoms with van der Waals surface area (Å²) < 4.78 is 0. The maximum atomic E-state index is 12.0. The van der Waals surface area contributed by atoms with Crippen LogP contribution in [0.1, 0.15) is 18.4 Å². The molecule has 2 N–H and O–H groups in total. The van der Waals surface area contributed by atoms with Crippen LogP contribution in [-0.4, -0.2) is 50.0 Å². The van der Waals surface area contributed by atoms with Gasteiger partial charge in [0.1, 0.15) is 12.3 Å². The Balaban J connectivity index is 1.50. The molecule has 1 fully saturated rings. The summed E-state index contributed by atoms with van der Waals surface area (Å²) in [5.41, 5.74) is 1.08. The quantitative estimate of drug-likeness (QED) is 0.851. The molecule has 7 heteroatoms. The predicted octanol–water partition coefficient (Wildman–Crippen LogP) is 0.764. The average Bonchev–Trinajstić information content (AvgIpc) is 3.00. The first kappa shape index (κ1) is 15.5. The number of aromatic hydroxyl groups is 1. The van der Waals surface area contributed by atoms with E-state index in [1.165, 1.54) is 4.80 Å². The molecule has 23 heavy (non-hydrogen) atoms. The number of nitrogens with one attached hydrogen (secondary N) is 1. The number of amides is 1. The van der Waals surface area contributed by atoms with Gasteiger partial charge in [0.25, 0.3) is 0 Å².